The van der Waals surface area contributed by atoms with E-state index in [1.807, 2.05) is 30.3 Å². The summed E-state index contributed by atoms with van der Waals surface area (Å²) in [4.78, 5) is 13.9. The Balaban J connectivity index is 1.95. The van der Waals surface area contributed by atoms with E-state index in [0.29, 0.717) is 0 Å². The van der Waals surface area contributed by atoms with Gasteiger partial charge in [-0.2, -0.15) is 0 Å². The zero-order valence-corrected chi connectivity index (χ0v) is 12.6. The molecular formula is C16H24N2O4. The van der Waals surface area contributed by atoms with Crippen LogP contribution in [0, 0.1) is 0 Å². The number of hydrogen-bond acceptors (Lipinski definition) is 5. The number of carbonyl (C=O) groups is 1. The molecule has 1 aromatic rings. The first kappa shape index (κ1) is 16.7. The van der Waals surface area contributed by atoms with Crippen molar-refractivity contribution >= 4 is 6.09 Å². The van der Waals surface area contributed by atoms with Gasteiger partial charge in [-0.05, 0) is 31.5 Å². The lowest BCUT2D eigenvalue weighted by molar-refractivity contribution is 0.0256. The van der Waals surface area contributed by atoms with Crippen LogP contribution >= 0.6 is 0 Å². The van der Waals surface area contributed by atoms with Gasteiger partial charge in [-0.15, -0.1) is 0 Å². The number of benzene rings is 1. The van der Waals surface area contributed by atoms with Crippen molar-refractivity contribution in [3.8, 4) is 0 Å². The van der Waals surface area contributed by atoms with Crippen LogP contribution in [0.5, 0.6) is 0 Å². The molecule has 0 aliphatic carbocycles. The Morgan fingerprint density at radius 1 is 1.32 bits per heavy atom. The molecular weight excluding hydrogens is 284 g/mol. The molecule has 2 rings (SSSR count). The van der Waals surface area contributed by atoms with Crippen molar-refractivity contribution in [1.29, 1.82) is 0 Å². The lowest BCUT2D eigenvalue weighted by Crippen LogP contribution is -2.49. The van der Waals surface area contributed by atoms with Crippen molar-refractivity contribution in [1.82, 2.24) is 10.2 Å². The summed E-state index contributed by atoms with van der Waals surface area (Å²) in [6.07, 6.45) is 0.249. The summed E-state index contributed by atoms with van der Waals surface area (Å²) in [7, 11) is 0. The largest absolute Gasteiger partial charge is 0.445 e. The summed E-state index contributed by atoms with van der Waals surface area (Å²) < 4.78 is 5.36. The molecule has 1 aromatic carbocycles. The average molecular weight is 308 g/mol. The zero-order chi connectivity index (χ0) is 15.8. The van der Waals surface area contributed by atoms with E-state index in [-0.39, 0.29) is 25.8 Å². The van der Waals surface area contributed by atoms with E-state index in [9.17, 15) is 9.90 Å². The highest BCUT2D eigenvalue weighted by molar-refractivity contribution is 5.68. The van der Waals surface area contributed by atoms with Gasteiger partial charge in [0.15, 0.2) is 0 Å². The highest BCUT2D eigenvalue weighted by Crippen LogP contribution is 2.15. The van der Waals surface area contributed by atoms with E-state index in [0.717, 1.165) is 31.5 Å². The van der Waals surface area contributed by atoms with Crippen LogP contribution < -0.4 is 5.32 Å². The number of ether oxygens (including phenoxy) is 1. The molecule has 22 heavy (non-hydrogen) atoms. The second kappa shape index (κ2) is 8.73. The van der Waals surface area contributed by atoms with Crippen LogP contribution in [-0.4, -0.2) is 59.6 Å². The molecule has 6 nitrogen and oxygen atoms in total. The highest BCUT2D eigenvalue weighted by Gasteiger charge is 2.28. The van der Waals surface area contributed by atoms with E-state index < -0.39 is 12.2 Å². The van der Waals surface area contributed by atoms with Crippen molar-refractivity contribution in [2.75, 3.05) is 26.2 Å². The molecule has 0 bridgehead atoms. The summed E-state index contributed by atoms with van der Waals surface area (Å²) in [6.45, 7) is 1.60. The summed E-state index contributed by atoms with van der Waals surface area (Å²) >= 11 is 0. The Kier molecular flexibility index (Phi) is 6.64. The van der Waals surface area contributed by atoms with Gasteiger partial charge >= 0.3 is 6.09 Å². The van der Waals surface area contributed by atoms with Crippen LogP contribution in [-0.2, 0) is 11.3 Å². The lowest BCUT2D eigenvalue weighted by Gasteiger charge is -2.34. The molecule has 1 saturated heterocycles. The minimum absolute atomic E-state index is 0.0331. The average Bonchev–Trinajstić information content (AvgIpc) is 2.59. The molecule has 1 heterocycles. The lowest BCUT2D eigenvalue weighted by atomic mass is 10.0. The molecule has 1 aliphatic heterocycles. The van der Waals surface area contributed by atoms with Crippen LogP contribution in [0.25, 0.3) is 0 Å². The fourth-order valence-electron chi connectivity index (χ4n) is 2.58. The fraction of sp³-hybridized carbons (Fsp3) is 0.562. The van der Waals surface area contributed by atoms with E-state index in [1.165, 1.54) is 0 Å². The van der Waals surface area contributed by atoms with E-state index in [2.05, 4.69) is 5.32 Å². The van der Waals surface area contributed by atoms with Gasteiger partial charge in [0.05, 0.1) is 19.3 Å². The first-order valence-electron chi connectivity index (χ1n) is 7.67. The molecule has 0 spiro atoms. The van der Waals surface area contributed by atoms with Crippen molar-refractivity contribution in [2.45, 2.75) is 31.6 Å². The number of nitrogens with one attached hydrogen (secondary N) is 1. The number of carbonyl (C=O) groups excluding carboxylic acids is 1. The number of hydrogen-bond donors (Lipinski definition) is 3. The number of piperidine rings is 1. The van der Waals surface area contributed by atoms with Gasteiger partial charge < -0.3 is 25.2 Å². The molecule has 1 amide bonds. The summed E-state index contributed by atoms with van der Waals surface area (Å²) in [5.41, 5.74) is 0.920. The molecule has 1 unspecified atom stereocenters. The van der Waals surface area contributed by atoms with Crippen molar-refractivity contribution < 1.29 is 19.7 Å². The Hall–Kier alpha value is -1.63. The third kappa shape index (κ3) is 4.98. The van der Waals surface area contributed by atoms with Crippen molar-refractivity contribution in [3.05, 3.63) is 35.9 Å². The molecule has 3 N–H and O–H groups in total. The molecule has 122 valence electrons. The van der Waals surface area contributed by atoms with Gasteiger partial charge in [-0.25, -0.2) is 4.79 Å². The number of aliphatic hydroxyl groups excluding tert-OH is 2. The minimum atomic E-state index is -0.945. The predicted octanol–water partition coefficient (Wildman–Crippen LogP) is 0.730. The number of nitrogens with zero attached hydrogens (tertiary/aromatic N) is 1. The highest BCUT2D eigenvalue weighted by atomic mass is 16.6. The van der Waals surface area contributed by atoms with E-state index in [1.54, 1.807) is 4.90 Å². The number of rotatable bonds is 6. The Morgan fingerprint density at radius 3 is 2.64 bits per heavy atom. The Morgan fingerprint density at radius 2 is 2.00 bits per heavy atom. The molecule has 6 heteroatoms. The molecule has 1 aliphatic rings. The van der Waals surface area contributed by atoms with Crippen LogP contribution in [0.3, 0.4) is 0 Å². The number of amides is 1. The van der Waals surface area contributed by atoms with Gasteiger partial charge in [0.1, 0.15) is 6.61 Å². The quantitative estimate of drug-likeness (QED) is 0.722. The van der Waals surface area contributed by atoms with Crippen molar-refractivity contribution in [3.63, 3.8) is 0 Å². The van der Waals surface area contributed by atoms with Gasteiger partial charge in [0.2, 0.25) is 0 Å². The van der Waals surface area contributed by atoms with E-state index >= 15 is 0 Å². The summed E-state index contributed by atoms with van der Waals surface area (Å²) in [5, 5.41) is 22.0. The molecule has 0 aromatic heterocycles. The zero-order valence-electron chi connectivity index (χ0n) is 12.6. The maximum Gasteiger partial charge on any atom is 0.410 e. The van der Waals surface area contributed by atoms with Gasteiger partial charge in [0, 0.05) is 6.04 Å². The topological polar surface area (TPSA) is 82.0 Å². The van der Waals surface area contributed by atoms with Crippen LogP contribution in [0.2, 0.25) is 0 Å². The number of aliphatic hydroxyl groups is 2. The standard InChI is InChI=1S/C16H24N2O4/c19-11-15(20)10-18(14-6-8-17-9-7-14)16(21)22-12-13-4-2-1-3-5-13/h1-5,14-15,17,19-20H,6-12H2. The first-order valence-corrected chi connectivity index (χ1v) is 7.67. The normalized spacial score (nSPS) is 17.0. The maximum absolute atomic E-state index is 12.4. The third-order valence-electron chi connectivity index (χ3n) is 3.81. The molecule has 1 atom stereocenters. The van der Waals surface area contributed by atoms with Crippen LogP contribution in [0.1, 0.15) is 18.4 Å². The molecule has 0 saturated carbocycles. The maximum atomic E-state index is 12.4. The Bertz CT molecular complexity index is 449. The summed E-state index contributed by atoms with van der Waals surface area (Å²) in [5.74, 6) is 0. The first-order chi connectivity index (χ1) is 10.7. The van der Waals surface area contributed by atoms with Gasteiger partial charge in [0.25, 0.3) is 0 Å². The van der Waals surface area contributed by atoms with Crippen LogP contribution in [0.4, 0.5) is 4.79 Å². The van der Waals surface area contributed by atoms with Gasteiger partial charge in [-0.1, -0.05) is 30.3 Å². The Labute approximate surface area is 130 Å². The molecule has 0 radical (unpaired) electrons. The second-order valence-corrected chi connectivity index (χ2v) is 5.51. The SMILES string of the molecule is O=C(OCc1ccccc1)N(CC(O)CO)C1CCNCC1. The summed E-state index contributed by atoms with van der Waals surface area (Å²) in [6, 6.07) is 9.51. The predicted molar refractivity (Wildman–Crippen MR) is 82.3 cm³/mol. The fourth-order valence-corrected chi connectivity index (χ4v) is 2.58. The third-order valence-corrected chi connectivity index (χ3v) is 3.81. The minimum Gasteiger partial charge on any atom is -0.445 e. The van der Waals surface area contributed by atoms with Gasteiger partial charge in [-0.3, -0.25) is 0 Å². The van der Waals surface area contributed by atoms with E-state index in [4.69, 9.17) is 9.84 Å². The smallest absolute Gasteiger partial charge is 0.410 e. The van der Waals surface area contributed by atoms with Crippen LogP contribution in [0.15, 0.2) is 30.3 Å². The second-order valence-electron chi connectivity index (χ2n) is 5.51. The van der Waals surface area contributed by atoms with Crippen molar-refractivity contribution in [2.24, 2.45) is 0 Å². The monoisotopic (exact) mass is 308 g/mol. The molecule has 1 fully saturated rings.